The van der Waals surface area contributed by atoms with Crippen molar-refractivity contribution in [1.82, 2.24) is 0 Å². The van der Waals surface area contributed by atoms with E-state index < -0.39 is 7.38 Å². The highest BCUT2D eigenvalue weighted by molar-refractivity contribution is 7.26. The molecule has 0 saturated carbocycles. The minimum Gasteiger partial charge on any atom is -0.162 e. The molecule has 0 aliphatic heterocycles. The van der Waals surface area contributed by atoms with Crippen molar-refractivity contribution < 1.29 is 0 Å². The van der Waals surface area contributed by atoms with Crippen molar-refractivity contribution in [2.45, 2.75) is 32.9 Å². The van der Waals surface area contributed by atoms with Crippen LogP contribution in [-0.2, 0) is 0 Å². The van der Waals surface area contributed by atoms with Gasteiger partial charge < -0.3 is 0 Å². The van der Waals surface area contributed by atoms with E-state index in [2.05, 4.69) is 51.2 Å². The Balaban J connectivity index is 2.94. The van der Waals surface area contributed by atoms with E-state index in [0.717, 1.165) is 0 Å². The van der Waals surface area contributed by atoms with Gasteiger partial charge >= 0.3 is 0 Å². The molecule has 0 amide bonds. The molecule has 0 nitrogen and oxygen atoms in total. The summed E-state index contributed by atoms with van der Waals surface area (Å²) in [6, 6.07) is 8.73. The third kappa shape index (κ3) is 2.85. The average Bonchev–Trinajstić information content (AvgIpc) is 2.03. The highest BCUT2D eigenvalue weighted by Crippen LogP contribution is 2.14. The Morgan fingerprint density at radius 1 is 1.08 bits per heavy atom. The van der Waals surface area contributed by atoms with Gasteiger partial charge in [0.2, 0.25) is 0 Å². The van der Waals surface area contributed by atoms with Gasteiger partial charge in [-0.15, -0.1) is 0 Å². The summed E-state index contributed by atoms with van der Waals surface area (Å²) in [6.07, 6.45) is 0. The van der Waals surface area contributed by atoms with E-state index in [9.17, 15) is 0 Å². The molecule has 0 aromatic heterocycles. The van der Waals surface area contributed by atoms with E-state index >= 15 is 0 Å². The van der Waals surface area contributed by atoms with Crippen LogP contribution in [0.3, 0.4) is 0 Å². The van der Waals surface area contributed by atoms with Crippen LogP contribution in [-0.4, -0.2) is 7.38 Å². The van der Waals surface area contributed by atoms with E-state index in [-0.39, 0.29) is 0 Å². The monoisotopic (exact) mass is 212 g/mol. The summed E-state index contributed by atoms with van der Waals surface area (Å²) in [5.41, 5.74) is 1.39. The summed E-state index contributed by atoms with van der Waals surface area (Å²) in [4.78, 5) is 0. The molecule has 0 fully saturated rings. The van der Waals surface area contributed by atoms with Crippen LogP contribution in [0.1, 0.15) is 25.3 Å². The lowest BCUT2D eigenvalue weighted by molar-refractivity contribution is 0.867. The summed E-state index contributed by atoms with van der Waals surface area (Å²) in [7, 11) is -1.62. The highest BCUT2D eigenvalue weighted by atomic mass is 35.6. The molecule has 0 saturated heterocycles. The van der Waals surface area contributed by atoms with Crippen molar-refractivity contribution in [3.05, 3.63) is 29.8 Å². The van der Waals surface area contributed by atoms with Crippen molar-refractivity contribution in [2.24, 2.45) is 0 Å². The van der Waals surface area contributed by atoms with Gasteiger partial charge in [0.25, 0.3) is 0 Å². The number of halogens is 1. The SMILES string of the molecule is CC(C)c1ccc([Si](C)(C)Cl)cc1. The molecule has 0 N–H and O–H groups in total. The van der Waals surface area contributed by atoms with Crippen LogP contribution in [0.15, 0.2) is 24.3 Å². The van der Waals surface area contributed by atoms with Crippen molar-refractivity contribution in [1.29, 1.82) is 0 Å². The molecule has 1 rings (SSSR count). The summed E-state index contributed by atoms with van der Waals surface area (Å²) in [5, 5.41) is 1.32. The fourth-order valence-corrected chi connectivity index (χ4v) is 2.60. The molecule has 0 unspecified atom stereocenters. The van der Waals surface area contributed by atoms with E-state index in [4.69, 9.17) is 11.1 Å². The van der Waals surface area contributed by atoms with Gasteiger partial charge in [0.1, 0.15) is 0 Å². The largest absolute Gasteiger partial charge is 0.180 e. The lowest BCUT2D eigenvalue weighted by atomic mass is 10.0. The maximum Gasteiger partial charge on any atom is 0.180 e. The second-order valence-electron chi connectivity index (χ2n) is 4.25. The smallest absolute Gasteiger partial charge is 0.162 e. The summed E-state index contributed by atoms with van der Waals surface area (Å²) in [6.45, 7) is 8.72. The number of benzene rings is 1. The Morgan fingerprint density at radius 2 is 1.54 bits per heavy atom. The first-order chi connectivity index (χ1) is 5.91. The molecular weight excluding hydrogens is 196 g/mol. The van der Waals surface area contributed by atoms with E-state index in [0.29, 0.717) is 5.92 Å². The van der Waals surface area contributed by atoms with Gasteiger partial charge in [-0.05, 0) is 16.7 Å². The summed E-state index contributed by atoms with van der Waals surface area (Å²) < 4.78 is 0. The molecule has 0 radical (unpaired) electrons. The van der Waals surface area contributed by atoms with Crippen LogP contribution in [0.4, 0.5) is 0 Å². The first kappa shape index (κ1) is 10.8. The van der Waals surface area contributed by atoms with Gasteiger partial charge in [-0.1, -0.05) is 51.2 Å². The van der Waals surface area contributed by atoms with E-state index in [1.807, 2.05) is 0 Å². The van der Waals surface area contributed by atoms with E-state index in [1.165, 1.54) is 10.8 Å². The zero-order valence-electron chi connectivity index (χ0n) is 8.76. The first-order valence-corrected chi connectivity index (χ1v) is 8.72. The summed E-state index contributed by atoms with van der Waals surface area (Å²) in [5.74, 6) is 0.606. The number of hydrogen-bond acceptors (Lipinski definition) is 0. The van der Waals surface area contributed by atoms with Crippen LogP contribution in [0.2, 0.25) is 13.1 Å². The Hall–Kier alpha value is -0.273. The topological polar surface area (TPSA) is 0 Å². The third-order valence-corrected chi connectivity index (χ3v) is 4.62. The molecule has 72 valence electrons. The van der Waals surface area contributed by atoms with Crippen LogP contribution in [0.25, 0.3) is 0 Å². The Labute approximate surface area is 86.6 Å². The fraction of sp³-hybridized carbons (Fsp3) is 0.455. The van der Waals surface area contributed by atoms with Crippen LogP contribution in [0, 0.1) is 0 Å². The molecule has 13 heavy (non-hydrogen) atoms. The molecule has 0 spiro atoms. The van der Waals surface area contributed by atoms with Crippen LogP contribution < -0.4 is 5.19 Å². The molecule has 0 atom stereocenters. The normalized spacial score (nSPS) is 12.2. The second kappa shape index (κ2) is 3.85. The molecule has 1 aromatic carbocycles. The fourth-order valence-electron chi connectivity index (χ4n) is 1.26. The molecule has 0 aliphatic rings. The van der Waals surface area contributed by atoms with Crippen molar-refractivity contribution >= 4 is 23.6 Å². The van der Waals surface area contributed by atoms with E-state index in [1.54, 1.807) is 0 Å². The minimum absolute atomic E-state index is 0.606. The maximum atomic E-state index is 6.33. The highest BCUT2D eigenvalue weighted by Gasteiger charge is 2.19. The zero-order chi connectivity index (χ0) is 10.1. The standard InChI is InChI=1S/C11H17ClSi/c1-9(2)10-5-7-11(8-6-10)13(3,4)12/h5-9H,1-4H3. The predicted molar refractivity (Wildman–Crippen MR) is 63.5 cm³/mol. The van der Waals surface area contributed by atoms with Gasteiger partial charge in [0.15, 0.2) is 7.38 Å². The van der Waals surface area contributed by atoms with Crippen LogP contribution >= 0.6 is 11.1 Å². The Morgan fingerprint density at radius 3 is 1.85 bits per heavy atom. The molecular formula is C11H17ClSi. The lowest BCUT2D eigenvalue weighted by Gasteiger charge is -2.14. The maximum absolute atomic E-state index is 6.33. The first-order valence-electron chi connectivity index (χ1n) is 4.70. The molecule has 0 bridgehead atoms. The molecule has 2 heteroatoms. The Kier molecular flexibility index (Phi) is 3.20. The Bertz CT molecular complexity index is 269. The number of rotatable bonds is 2. The van der Waals surface area contributed by atoms with Gasteiger partial charge in [0, 0.05) is 0 Å². The third-order valence-electron chi connectivity index (χ3n) is 2.26. The summed E-state index contributed by atoms with van der Waals surface area (Å²) >= 11 is 6.33. The van der Waals surface area contributed by atoms with Crippen molar-refractivity contribution in [3.63, 3.8) is 0 Å². The van der Waals surface area contributed by atoms with Crippen LogP contribution in [0.5, 0.6) is 0 Å². The molecule has 1 aromatic rings. The number of hydrogen-bond donors (Lipinski definition) is 0. The quantitative estimate of drug-likeness (QED) is 0.521. The molecule has 0 heterocycles. The predicted octanol–water partition coefficient (Wildman–Crippen LogP) is 3.46. The van der Waals surface area contributed by atoms with Gasteiger partial charge in [0.05, 0.1) is 0 Å². The van der Waals surface area contributed by atoms with Crippen molar-refractivity contribution in [3.8, 4) is 0 Å². The van der Waals surface area contributed by atoms with Gasteiger partial charge in [-0.3, -0.25) is 0 Å². The van der Waals surface area contributed by atoms with Gasteiger partial charge in [-0.25, -0.2) is 0 Å². The zero-order valence-corrected chi connectivity index (χ0v) is 10.5. The second-order valence-corrected chi connectivity index (χ2v) is 10.6. The lowest BCUT2D eigenvalue weighted by Crippen LogP contribution is -2.34. The van der Waals surface area contributed by atoms with Crippen molar-refractivity contribution in [2.75, 3.05) is 0 Å². The minimum atomic E-state index is -1.62. The average molecular weight is 213 g/mol. The molecule has 0 aliphatic carbocycles. The van der Waals surface area contributed by atoms with Gasteiger partial charge in [-0.2, -0.15) is 11.1 Å².